The van der Waals surface area contributed by atoms with Gasteiger partial charge in [-0.3, -0.25) is 0 Å². The van der Waals surface area contributed by atoms with E-state index in [0.717, 1.165) is 0 Å². The number of nitrogens with zero attached hydrogens (tertiary/aromatic N) is 1. The Hall–Kier alpha value is -1.16. The number of hydrogen-bond donors (Lipinski definition) is 2. The molecular weight excluding hydrogens is 169 g/mol. The van der Waals surface area contributed by atoms with Gasteiger partial charge in [0.15, 0.2) is 0 Å². The first kappa shape index (κ1) is 9.92. The van der Waals surface area contributed by atoms with Crippen molar-refractivity contribution in [3.63, 3.8) is 0 Å². The van der Waals surface area contributed by atoms with E-state index in [1.54, 1.807) is 6.07 Å². The largest absolute Gasteiger partial charge is 0.364 e. The molecule has 0 bridgehead atoms. The molecule has 0 saturated heterocycles. The van der Waals surface area contributed by atoms with Gasteiger partial charge in [0.2, 0.25) is 0 Å². The Labute approximate surface area is 77.2 Å². The smallest absolute Gasteiger partial charge is 0.141 e. The molecule has 0 spiro atoms. The maximum absolute atomic E-state index is 12.5. The molecule has 0 amide bonds. The van der Waals surface area contributed by atoms with E-state index >= 15 is 0 Å². The second kappa shape index (κ2) is 3.70. The van der Waals surface area contributed by atoms with Crippen LogP contribution in [0.5, 0.6) is 0 Å². The van der Waals surface area contributed by atoms with E-state index in [0.29, 0.717) is 12.4 Å². The molecule has 0 unspecified atom stereocenters. The molecule has 72 valence electrons. The van der Waals surface area contributed by atoms with E-state index in [2.05, 4.69) is 10.3 Å². The van der Waals surface area contributed by atoms with Crippen molar-refractivity contribution in [1.29, 1.82) is 0 Å². The zero-order valence-corrected chi connectivity index (χ0v) is 7.84. The molecule has 0 radical (unpaired) electrons. The molecule has 0 saturated carbocycles. The lowest BCUT2D eigenvalue weighted by atomic mass is 10.1. The highest BCUT2D eigenvalue weighted by atomic mass is 19.1. The Bertz CT molecular complexity index is 269. The maximum atomic E-state index is 12.5. The molecule has 4 heteroatoms. The van der Waals surface area contributed by atoms with Gasteiger partial charge in [-0.15, -0.1) is 0 Å². The zero-order valence-electron chi connectivity index (χ0n) is 7.84. The van der Waals surface area contributed by atoms with Crippen LogP contribution in [0.3, 0.4) is 0 Å². The SMILES string of the molecule is CC(C)(CN)Nc1ccc(F)cn1. The van der Waals surface area contributed by atoms with Gasteiger partial charge in [0, 0.05) is 12.1 Å². The number of aromatic nitrogens is 1. The summed E-state index contributed by atoms with van der Waals surface area (Å²) in [4.78, 5) is 3.87. The summed E-state index contributed by atoms with van der Waals surface area (Å²) in [5.74, 6) is 0.299. The number of anilines is 1. The van der Waals surface area contributed by atoms with Crippen LogP contribution in [0.25, 0.3) is 0 Å². The van der Waals surface area contributed by atoms with Gasteiger partial charge in [-0.2, -0.15) is 0 Å². The number of rotatable bonds is 3. The van der Waals surface area contributed by atoms with Crippen molar-refractivity contribution in [3.8, 4) is 0 Å². The summed E-state index contributed by atoms with van der Waals surface area (Å²) in [6.45, 7) is 4.40. The lowest BCUT2D eigenvalue weighted by Crippen LogP contribution is -2.39. The topological polar surface area (TPSA) is 50.9 Å². The van der Waals surface area contributed by atoms with Crippen molar-refractivity contribution in [2.75, 3.05) is 11.9 Å². The Morgan fingerprint density at radius 1 is 1.54 bits per heavy atom. The molecule has 0 aliphatic heterocycles. The summed E-state index contributed by atoms with van der Waals surface area (Å²) in [6, 6.07) is 2.95. The molecule has 0 aromatic carbocycles. The Morgan fingerprint density at radius 2 is 2.23 bits per heavy atom. The highest BCUT2D eigenvalue weighted by Crippen LogP contribution is 2.11. The summed E-state index contributed by atoms with van der Waals surface area (Å²) >= 11 is 0. The van der Waals surface area contributed by atoms with Crippen LogP contribution < -0.4 is 11.1 Å². The van der Waals surface area contributed by atoms with Crippen molar-refractivity contribution >= 4 is 5.82 Å². The Morgan fingerprint density at radius 3 is 2.69 bits per heavy atom. The van der Waals surface area contributed by atoms with E-state index in [1.165, 1.54) is 12.3 Å². The molecule has 0 aliphatic rings. The van der Waals surface area contributed by atoms with Gasteiger partial charge in [-0.05, 0) is 26.0 Å². The standard InChI is InChI=1S/C9H14FN3/c1-9(2,6-11)13-8-4-3-7(10)5-12-8/h3-5H,6,11H2,1-2H3,(H,12,13). The van der Waals surface area contributed by atoms with Gasteiger partial charge >= 0.3 is 0 Å². The molecular formula is C9H14FN3. The van der Waals surface area contributed by atoms with Crippen LogP contribution in [0.1, 0.15) is 13.8 Å². The molecule has 0 fully saturated rings. The second-order valence-electron chi connectivity index (χ2n) is 3.57. The zero-order chi connectivity index (χ0) is 9.90. The van der Waals surface area contributed by atoms with Crippen molar-refractivity contribution in [2.45, 2.75) is 19.4 Å². The number of halogens is 1. The van der Waals surface area contributed by atoms with Crippen molar-refractivity contribution in [1.82, 2.24) is 4.98 Å². The summed E-state index contributed by atoms with van der Waals surface area (Å²) in [5, 5.41) is 3.09. The monoisotopic (exact) mass is 183 g/mol. The number of pyridine rings is 1. The second-order valence-corrected chi connectivity index (χ2v) is 3.57. The molecule has 3 nitrogen and oxygen atoms in total. The highest BCUT2D eigenvalue weighted by molar-refractivity contribution is 5.36. The quantitative estimate of drug-likeness (QED) is 0.744. The van der Waals surface area contributed by atoms with Crippen molar-refractivity contribution in [3.05, 3.63) is 24.1 Å². The molecule has 3 N–H and O–H groups in total. The van der Waals surface area contributed by atoms with Crippen LogP contribution in [0.2, 0.25) is 0 Å². The van der Waals surface area contributed by atoms with Gasteiger partial charge in [0.1, 0.15) is 11.6 Å². The summed E-state index contributed by atoms with van der Waals surface area (Å²) in [7, 11) is 0. The van der Waals surface area contributed by atoms with Crippen LogP contribution >= 0.6 is 0 Å². The molecule has 1 rings (SSSR count). The molecule has 0 atom stereocenters. The van der Waals surface area contributed by atoms with E-state index < -0.39 is 0 Å². The van der Waals surface area contributed by atoms with Gasteiger partial charge in [-0.25, -0.2) is 9.37 Å². The average Bonchev–Trinajstić information content (AvgIpc) is 2.09. The minimum Gasteiger partial charge on any atom is -0.364 e. The van der Waals surface area contributed by atoms with E-state index in [4.69, 9.17) is 5.73 Å². The third-order valence-electron chi connectivity index (χ3n) is 1.70. The Kier molecular flexibility index (Phi) is 2.83. The minimum atomic E-state index is -0.337. The van der Waals surface area contributed by atoms with E-state index in [-0.39, 0.29) is 11.4 Å². The van der Waals surface area contributed by atoms with Crippen LogP contribution in [-0.4, -0.2) is 17.1 Å². The van der Waals surface area contributed by atoms with Gasteiger partial charge in [0.05, 0.1) is 6.20 Å². The molecule has 0 aliphatic carbocycles. The predicted molar refractivity (Wildman–Crippen MR) is 51.0 cm³/mol. The number of nitrogens with one attached hydrogen (secondary N) is 1. The van der Waals surface area contributed by atoms with Gasteiger partial charge in [0.25, 0.3) is 0 Å². The summed E-state index contributed by atoms with van der Waals surface area (Å²) in [6.07, 6.45) is 1.18. The molecule has 1 heterocycles. The first-order valence-electron chi connectivity index (χ1n) is 4.13. The predicted octanol–water partition coefficient (Wildman–Crippen LogP) is 1.37. The van der Waals surface area contributed by atoms with Crippen LogP contribution in [0, 0.1) is 5.82 Å². The fraction of sp³-hybridized carbons (Fsp3) is 0.444. The molecule has 1 aromatic rings. The van der Waals surface area contributed by atoms with Crippen LogP contribution in [0.15, 0.2) is 18.3 Å². The number of hydrogen-bond acceptors (Lipinski definition) is 3. The summed E-state index contributed by atoms with van der Waals surface area (Å²) < 4.78 is 12.5. The average molecular weight is 183 g/mol. The minimum absolute atomic E-state index is 0.217. The fourth-order valence-electron chi connectivity index (χ4n) is 0.847. The van der Waals surface area contributed by atoms with Crippen LogP contribution in [0.4, 0.5) is 10.2 Å². The lowest BCUT2D eigenvalue weighted by Gasteiger charge is -2.24. The van der Waals surface area contributed by atoms with Crippen molar-refractivity contribution in [2.24, 2.45) is 5.73 Å². The van der Waals surface area contributed by atoms with Crippen molar-refractivity contribution < 1.29 is 4.39 Å². The highest BCUT2D eigenvalue weighted by Gasteiger charge is 2.14. The van der Waals surface area contributed by atoms with E-state index in [1.807, 2.05) is 13.8 Å². The molecule has 1 aromatic heterocycles. The fourth-order valence-corrected chi connectivity index (χ4v) is 0.847. The third kappa shape index (κ3) is 2.99. The maximum Gasteiger partial charge on any atom is 0.141 e. The van der Waals surface area contributed by atoms with E-state index in [9.17, 15) is 4.39 Å². The van der Waals surface area contributed by atoms with Gasteiger partial charge in [-0.1, -0.05) is 0 Å². The normalized spacial score (nSPS) is 11.4. The van der Waals surface area contributed by atoms with Crippen LogP contribution in [-0.2, 0) is 0 Å². The first-order valence-corrected chi connectivity index (χ1v) is 4.13. The Balaban J connectivity index is 2.69. The molecule has 13 heavy (non-hydrogen) atoms. The number of nitrogens with two attached hydrogens (primary N) is 1. The summed E-state index contributed by atoms with van der Waals surface area (Å²) in [5.41, 5.74) is 5.30. The first-order chi connectivity index (χ1) is 6.03. The lowest BCUT2D eigenvalue weighted by molar-refractivity contribution is 0.575. The van der Waals surface area contributed by atoms with Gasteiger partial charge < -0.3 is 11.1 Å². The third-order valence-corrected chi connectivity index (χ3v) is 1.70.